The molecule has 0 aromatic rings. The van der Waals surface area contributed by atoms with E-state index in [4.69, 9.17) is 9.84 Å². The van der Waals surface area contributed by atoms with Gasteiger partial charge in [0.1, 0.15) is 29.8 Å². The van der Waals surface area contributed by atoms with E-state index < -0.39 is 24.4 Å². The Morgan fingerprint density at radius 3 is 2.79 bits per heavy atom. The van der Waals surface area contributed by atoms with Crippen LogP contribution >= 0.6 is 11.8 Å². The van der Waals surface area contributed by atoms with Crippen molar-refractivity contribution in [2.45, 2.75) is 36.7 Å². The SMILES string of the molecule is CC1=NC2C(O)[C@H](O)C(CO)O[C@@H]2S1. The highest BCUT2D eigenvalue weighted by Gasteiger charge is 2.47. The van der Waals surface area contributed by atoms with Gasteiger partial charge in [-0.2, -0.15) is 0 Å². The predicted molar refractivity (Wildman–Crippen MR) is 52.2 cm³/mol. The quantitative estimate of drug-likeness (QED) is 0.525. The average Bonchev–Trinajstić information content (AvgIpc) is 2.52. The zero-order valence-electron chi connectivity index (χ0n) is 7.70. The van der Waals surface area contributed by atoms with Crippen LogP contribution in [0.15, 0.2) is 4.99 Å². The molecule has 0 aromatic carbocycles. The summed E-state index contributed by atoms with van der Waals surface area (Å²) in [6.45, 7) is 1.54. The second-order valence-corrected chi connectivity index (χ2v) is 4.75. The number of rotatable bonds is 1. The molecule has 0 radical (unpaired) electrons. The summed E-state index contributed by atoms with van der Waals surface area (Å²) in [4.78, 5) is 4.17. The molecule has 14 heavy (non-hydrogen) atoms. The first-order valence-electron chi connectivity index (χ1n) is 4.47. The zero-order valence-corrected chi connectivity index (χ0v) is 8.52. The second-order valence-electron chi connectivity index (χ2n) is 3.46. The van der Waals surface area contributed by atoms with Gasteiger partial charge in [0.15, 0.2) is 0 Å². The molecule has 2 aliphatic rings. The Bertz CT molecular complexity index is 260. The normalized spacial score (nSPS) is 47.4. The average molecular weight is 219 g/mol. The van der Waals surface area contributed by atoms with Crippen LogP contribution in [0.25, 0.3) is 0 Å². The van der Waals surface area contributed by atoms with Crippen LogP contribution in [0.1, 0.15) is 6.92 Å². The smallest absolute Gasteiger partial charge is 0.134 e. The molecule has 0 amide bonds. The lowest BCUT2D eigenvalue weighted by molar-refractivity contribution is -0.164. The third-order valence-electron chi connectivity index (χ3n) is 2.47. The molecule has 0 aliphatic carbocycles. The van der Waals surface area contributed by atoms with Crippen molar-refractivity contribution >= 4 is 16.8 Å². The molecule has 80 valence electrons. The number of hydrogen-bond donors (Lipinski definition) is 3. The van der Waals surface area contributed by atoms with Crippen LogP contribution in [-0.4, -0.2) is 56.8 Å². The van der Waals surface area contributed by atoms with E-state index in [9.17, 15) is 10.2 Å². The van der Waals surface area contributed by atoms with E-state index in [2.05, 4.69) is 4.99 Å². The van der Waals surface area contributed by atoms with Gasteiger partial charge in [0, 0.05) is 0 Å². The third-order valence-corrected chi connectivity index (χ3v) is 3.53. The van der Waals surface area contributed by atoms with Crippen molar-refractivity contribution in [3.63, 3.8) is 0 Å². The Kier molecular flexibility index (Phi) is 2.81. The molecule has 2 rings (SSSR count). The van der Waals surface area contributed by atoms with E-state index in [1.54, 1.807) is 0 Å². The van der Waals surface area contributed by atoms with Crippen molar-refractivity contribution in [2.24, 2.45) is 4.99 Å². The topological polar surface area (TPSA) is 82.3 Å². The standard InChI is InChI=1S/C8H13NO4S/c1-3-9-5-7(12)6(11)4(2-10)13-8(5)14-3/h4-8,10-12H,2H2,1H3/t4?,5?,6-,7?,8-/m1/s1. The number of fused-ring (bicyclic) bond motifs is 1. The summed E-state index contributed by atoms with van der Waals surface area (Å²) in [7, 11) is 0. The van der Waals surface area contributed by atoms with E-state index in [1.807, 2.05) is 6.92 Å². The summed E-state index contributed by atoms with van der Waals surface area (Å²) < 4.78 is 5.40. The Balaban J connectivity index is 2.14. The Morgan fingerprint density at radius 2 is 2.14 bits per heavy atom. The fourth-order valence-corrected chi connectivity index (χ4v) is 2.79. The van der Waals surface area contributed by atoms with Gasteiger partial charge in [-0.1, -0.05) is 11.8 Å². The van der Waals surface area contributed by atoms with Gasteiger partial charge in [0.25, 0.3) is 0 Å². The minimum atomic E-state index is -1.06. The molecule has 3 N–H and O–H groups in total. The van der Waals surface area contributed by atoms with Gasteiger partial charge in [-0.15, -0.1) is 0 Å². The van der Waals surface area contributed by atoms with Crippen LogP contribution in [0.5, 0.6) is 0 Å². The lowest BCUT2D eigenvalue weighted by Gasteiger charge is -2.37. The molecule has 6 heteroatoms. The molecule has 5 atom stereocenters. The fraction of sp³-hybridized carbons (Fsp3) is 0.875. The molecular weight excluding hydrogens is 206 g/mol. The molecule has 0 aromatic heterocycles. The van der Waals surface area contributed by atoms with Gasteiger partial charge in [0.05, 0.1) is 11.7 Å². The van der Waals surface area contributed by atoms with Crippen molar-refractivity contribution < 1.29 is 20.1 Å². The Labute approximate surface area is 85.8 Å². The van der Waals surface area contributed by atoms with E-state index in [0.29, 0.717) is 0 Å². The summed E-state index contributed by atoms with van der Waals surface area (Å²) in [5.74, 6) is 0. The van der Waals surface area contributed by atoms with Crippen molar-refractivity contribution in [2.75, 3.05) is 6.61 Å². The molecule has 2 heterocycles. The number of aliphatic hydroxyl groups is 3. The van der Waals surface area contributed by atoms with Crippen molar-refractivity contribution in [3.8, 4) is 0 Å². The van der Waals surface area contributed by atoms with Crippen molar-refractivity contribution in [1.29, 1.82) is 0 Å². The number of hydrogen-bond acceptors (Lipinski definition) is 6. The number of thioether (sulfide) groups is 1. The lowest BCUT2D eigenvalue weighted by Crippen LogP contribution is -2.55. The first kappa shape index (κ1) is 10.4. The molecule has 1 saturated heterocycles. The highest BCUT2D eigenvalue weighted by Crippen LogP contribution is 2.36. The predicted octanol–water partition coefficient (Wildman–Crippen LogP) is -1.04. The van der Waals surface area contributed by atoms with Gasteiger partial charge in [-0.3, -0.25) is 4.99 Å². The van der Waals surface area contributed by atoms with Crippen LogP contribution in [-0.2, 0) is 4.74 Å². The highest BCUT2D eigenvalue weighted by atomic mass is 32.2. The second kappa shape index (κ2) is 3.79. The van der Waals surface area contributed by atoms with Gasteiger partial charge >= 0.3 is 0 Å². The maximum atomic E-state index is 9.71. The molecule has 2 aliphatic heterocycles. The monoisotopic (exact) mass is 219 g/mol. The zero-order chi connectivity index (χ0) is 10.3. The number of nitrogens with zero attached hydrogens (tertiary/aromatic N) is 1. The van der Waals surface area contributed by atoms with E-state index in [-0.39, 0.29) is 12.0 Å². The van der Waals surface area contributed by atoms with E-state index in [1.165, 1.54) is 11.8 Å². The van der Waals surface area contributed by atoms with Gasteiger partial charge in [-0.25, -0.2) is 0 Å². The van der Waals surface area contributed by atoms with Crippen LogP contribution in [0.3, 0.4) is 0 Å². The molecule has 3 unspecified atom stereocenters. The first-order valence-corrected chi connectivity index (χ1v) is 5.35. The molecule has 0 spiro atoms. The summed E-state index contributed by atoms with van der Waals surface area (Å²) in [5.41, 5.74) is -0.273. The highest BCUT2D eigenvalue weighted by molar-refractivity contribution is 8.14. The fourth-order valence-electron chi connectivity index (χ4n) is 1.71. The number of ether oxygens (including phenoxy) is 1. The van der Waals surface area contributed by atoms with Gasteiger partial charge < -0.3 is 20.1 Å². The third kappa shape index (κ3) is 1.57. The van der Waals surface area contributed by atoms with Gasteiger partial charge in [-0.05, 0) is 6.92 Å². The van der Waals surface area contributed by atoms with Crippen LogP contribution in [0.4, 0.5) is 0 Å². The summed E-state index contributed by atoms with van der Waals surface area (Å²) in [5, 5.41) is 29.0. The summed E-state index contributed by atoms with van der Waals surface area (Å²) in [6, 6.07) is -0.405. The van der Waals surface area contributed by atoms with E-state index >= 15 is 0 Å². The van der Waals surface area contributed by atoms with Crippen molar-refractivity contribution in [3.05, 3.63) is 0 Å². The largest absolute Gasteiger partial charge is 0.394 e. The maximum absolute atomic E-state index is 9.71. The number of aliphatic imine (C=N–C) groups is 1. The maximum Gasteiger partial charge on any atom is 0.134 e. The minimum absolute atomic E-state index is 0.273. The molecule has 5 nitrogen and oxygen atoms in total. The Hall–Kier alpha value is -0.140. The van der Waals surface area contributed by atoms with E-state index in [0.717, 1.165) is 5.04 Å². The molecular formula is C8H13NO4S. The lowest BCUT2D eigenvalue weighted by atomic mass is 9.99. The van der Waals surface area contributed by atoms with Crippen molar-refractivity contribution in [1.82, 2.24) is 0 Å². The molecule has 0 bridgehead atoms. The molecule has 0 saturated carbocycles. The van der Waals surface area contributed by atoms with Gasteiger partial charge in [0.2, 0.25) is 0 Å². The summed E-state index contributed by atoms with van der Waals surface area (Å²) in [6.07, 6.45) is -2.72. The minimum Gasteiger partial charge on any atom is -0.394 e. The van der Waals surface area contributed by atoms with Crippen LogP contribution in [0, 0.1) is 0 Å². The van der Waals surface area contributed by atoms with Crippen LogP contribution < -0.4 is 0 Å². The first-order chi connectivity index (χ1) is 6.63. The Morgan fingerprint density at radius 1 is 1.43 bits per heavy atom. The molecule has 1 fully saturated rings. The van der Waals surface area contributed by atoms with Crippen LogP contribution in [0.2, 0.25) is 0 Å². The summed E-state index contributed by atoms with van der Waals surface area (Å²) >= 11 is 1.42. The number of aliphatic hydroxyl groups excluding tert-OH is 3.